The molecule has 0 heterocycles. The van der Waals surface area contributed by atoms with Crippen molar-refractivity contribution in [2.75, 3.05) is 27.8 Å². The lowest BCUT2D eigenvalue weighted by Gasteiger charge is -2.30. The molecular formula is C12H19FN2O2. The molecule has 2 unspecified atom stereocenters. The van der Waals surface area contributed by atoms with Gasteiger partial charge in [0.2, 0.25) is 0 Å². The van der Waals surface area contributed by atoms with E-state index in [1.807, 2.05) is 19.0 Å². The van der Waals surface area contributed by atoms with Crippen LogP contribution in [0.3, 0.4) is 0 Å². The highest BCUT2D eigenvalue weighted by molar-refractivity contribution is 5.37. The third-order valence-electron chi connectivity index (χ3n) is 2.68. The fourth-order valence-corrected chi connectivity index (χ4v) is 1.93. The predicted octanol–water partition coefficient (Wildman–Crippen LogP) is 0.757. The molecule has 17 heavy (non-hydrogen) atoms. The lowest BCUT2D eigenvalue weighted by atomic mass is 9.98. The summed E-state index contributed by atoms with van der Waals surface area (Å²) in [5.74, 6) is 0.215. The summed E-state index contributed by atoms with van der Waals surface area (Å²) in [5, 5.41) is 9.16. The van der Waals surface area contributed by atoms with Gasteiger partial charge in [-0.2, -0.15) is 0 Å². The second-order valence-electron chi connectivity index (χ2n) is 4.14. The van der Waals surface area contributed by atoms with Crippen LogP contribution in [0.2, 0.25) is 0 Å². The second-order valence-corrected chi connectivity index (χ2v) is 4.14. The summed E-state index contributed by atoms with van der Waals surface area (Å²) >= 11 is 0. The Morgan fingerprint density at radius 1 is 1.47 bits per heavy atom. The molecule has 0 amide bonds. The number of nitrogens with zero attached hydrogens (tertiary/aromatic N) is 1. The summed E-state index contributed by atoms with van der Waals surface area (Å²) in [6.07, 6.45) is 0. The maximum Gasteiger partial charge on any atom is 0.123 e. The molecule has 0 spiro atoms. The molecule has 0 fully saturated rings. The summed E-state index contributed by atoms with van der Waals surface area (Å²) < 4.78 is 18.5. The molecule has 0 aromatic heterocycles. The minimum atomic E-state index is -0.499. The number of rotatable bonds is 5. The summed E-state index contributed by atoms with van der Waals surface area (Å²) in [6, 6.07) is 3.48. The van der Waals surface area contributed by atoms with Gasteiger partial charge < -0.3 is 20.5 Å². The van der Waals surface area contributed by atoms with Gasteiger partial charge in [-0.05, 0) is 32.3 Å². The van der Waals surface area contributed by atoms with E-state index in [4.69, 9.17) is 15.6 Å². The number of likely N-dealkylation sites (N-methyl/N-ethyl adjacent to an activating group) is 1. The first-order chi connectivity index (χ1) is 8.01. The minimum absolute atomic E-state index is 0.178. The quantitative estimate of drug-likeness (QED) is 0.800. The number of halogens is 1. The van der Waals surface area contributed by atoms with Crippen molar-refractivity contribution in [3.05, 3.63) is 29.6 Å². The third-order valence-corrected chi connectivity index (χ3v) is 2.68. The van der Waals surface area contributed by atoms with E-state index in [-0.39, 0.29) is 18.5 Å². The number of aliphatic hydroxyl groups excluding tert-OH is 1. The molecule has 3 N–H and O–H groups in total. The lowest BCUT2D eigenvalue weighted by Crippen LogP contribution is -2.40. The monoisotopic (exact) mass is 242 g/mol. The van der Waals surface area contributed by atoms with E-state index < -0.39 is 6.04 Å². The number of hydrogen-bond donors (Lipinski definition) is 2. The van der Waals surface area contributed by atoms with Crippen LogP contribution in [0, 0.1) is 5.82 Å². The summed E-state index contributed by atoms with van der Waals surface area (Å²) in [4.78, 5) is 1.83. The lowest BCUT2D eigenvalue weighted by molar-refractivity contribution is 0.178. The highest BCUT2D eigenvalue weighted by atomic mass is 19.1. The Morgan fingerprint density at radius 3 is 2.59 bits per heavy atom. The first-order valence-corrected chi connectivity index (χ1v) is 5.37. The van der Waals surface area contributed by atoms with E-state index in [0.717, 1.165) is 0 Å². The van der Waals surface area contributed by atoms with Crippen LogP contribution in [0.25, 0.3) is 0 Å². The van der Waals surface area contributed by atoms with Gasteiger partial charge in [-0.1, -0.05) is 0 Å². The zero-order valence-corrected chi connectivity index (χ0v) is 10.4. The van der Waals surface area contributed by atoms with Gasteiger partial charge in [0, 0.05) is 11.6 Å². The molecule has 0 saturated carbocycles. The van der Waals surface area contributed by atoms with Gasteiger partial charge >= 0.3 is 0 Å². The van der Waals surface area contributed by atoms with Crippen LogP contribution in [0.1, 0.15) is 11.6 Å². The van der Waals surface area contributed by atoms with Gasteiger partial charge in [0.25, 0.3) is 0 Å². The molecule has 2 atom stereocenters. The summed E-state index contributed by atoms with van der Waals surface area (Å²) in [5.41, 5.74) is 6.49. The Labute approximate surface area is 101 Å². The highest BCUT2D eigenvalue weighted by Crippen LogP contribution is 2.30. The van der Waals surface area contributed by atoms with Crippen molar-refractivity contribution < 1.29 is 14.2 Å². The molecule has 0 aliphatic heterocycles. The zero-order chi connectivity index (χ0) is 13.0. The van der Waals surface area contributed by atoms with Gasteiger partial charge in [0.1, 0.15) is 11.6 Å². The molecule has 4 nitrogen and oxygen atoms in total. The second kappa shape index (κ2) is 5.95. The molecule has 0 aliphatic rings. The van der Waals surface area contributed by atoms with Crippen molar-refractivity contribution in [1.82, 2.24) is 4.90 Å². The normalized spacial score (nSPS) is 14.8. The van der Waals surface area contributed by atoms with Crippen molar-refractivity contribution >= 4 is 0 Å². The zero-order valence-electron chi connectivity index (χ0n) is 10.4. The van der Waals surface area contributed by atoms with Crippen LogP contribution in [0.15, 0.2) is 18.2 Å². The van der Waals surface area contributed by atoms with Crippen molar-refractivity contribution in [3.63, 3.8) is 0 Å². The van der Waals surface area contributed by atoms with E-state index in [1.54, 1.807) is 6.07 Å². The number of ether oxygens (including phenoxy) is 1. The van der Waals surface area contributed by atoms with E-state index in [1.165, 1.54) is 19.2 Å². The number of nitrogens with two attached hydrogens (primary N) is 1. The van der Waals surface area contributed by atoms with Crippen molar-refractivity contribution in [2.24, 2.45) is 5.73 Å². The Hall–Kier alpha value is -1.17. The molecule has 0 radical (unpaired) electrons. The number of benzene rings is 1. The summed E-state index contributed by atoms with van der Waals surface area (Å²) in [6.45, 7) is -0.178. The third kappa shape index (κ3) is 3.15. The Morgan fingerprint density at radius 2 is 2.12 bits per heavy atom. The molecule has 1 aromatic carbocycles. The SMILES string of the molecule is COc1ccc(F)cc1C(C(N)CO)N(C)C. The van der Waals surface area contributed by atoms with E-state index in [0.29, 0.717) is 11.3 Å². The average molecular weight is 242 g/mol. The van der Waals surface area contributed by atoms with Crippen molar-refractivity contribution in [2.45, 2.75) is 12.1 Å². The number of methoxy groups -OCH3 is 1. The molecule has 1 rings (SSSR count). The van der Waals surface area contributed by atoms with Gasteiger partial charge in [0.05, 0.1) is 19.8 Å². The van der Waals surface area contributed by atoms with Gasteiger partial charge in [-0.3, -0.25) is 0 Å². The smallest absolute Gasteiger partial charge is 0.123 e. The molecular weight excluding hydrogens is 223 g/mol. The average Bonchev–Trinajstić information content (AvgIpc) is 2.29. The standard InChI is InChI=1S/C12H19FN2O2/c1-15(2)12(10(14)7-16)9-6-8(13)4-5-11(9)17-3/h4-6,10,12,16H,7,14H2,1-3H3. The van der Waals surface area contributed by atoms with Gasteiger partial charge in [-0.25, -0.2) is 4.39 Å². The number of hydrogen-bond acceptors (Lipinski definition) is 4. The topological polar surface area (TPSA) is 58.7 Å². The molecule has 0 aliphatic carbocycles. The van der Waals surface area contributed by atoms with Crippen LogP contribution in [-0.4, -0.2) is 43.9 Å². The highest BCUT2D eigenvalue weighted by Gasteiger charge is 2.25. The number of aliphatic hydroxyl groups is 1. The van der Waals surface area contributed by atoms with Crippen molar-refractivity contribution in [3.8, 4) is 5.75 Å². The predicted molar refractivity (Wildman–Crippen MR) is 64.4 cm³/mol. The van der Waals surface area contributed by atoms with Gasteiger partial charge in [0.15, 0.2) is 0 Å². The molecule has 0 bridgehead atoms. The first-order valence-electron chi connectivity index (χ1n) is 5.37. The Kier molecular flexibility index (Phi) is 4.86. The molecule has 5 heteroatoms. The van der Waals surface area contributed by atoms with Crippen LogP contribution < -0.4 is 10.5 Å². The fraction of sp³-hybridized carbons (Fsp3) is 0.500. The fourth-order valence-electron chi connectivity index (χ4n) is 1.93. The van der Waals surface area contributed by atoms with Crippen LogP contribution in [0.5, 0.6) is 5.75 Å². The van der Waals surface area contributed by atoms with Gasteiger partial charge in [-0.15, -0.1) is 0 Å². The van der Waals surface area contributed by atoms with Crippen LogP contribution in [0.4, 0.5) is 4.39 Å². The Balaban J connectivity index is 3.21. The van der Waals surface area contributed by atoms with Crippen LogP contribution in [-0.2, 0) is 0 Å². The first kappa shape index (κ1) is 13.9. The minimum Gasteiger partial charge on any atom is -0.496 e. The molecule has 1 aromatic rings. The van der Waals surface area contributed by atoms with E-state index in [9.17, 15) is 4.39 Å². The maximum atomic E-state index is 13.3. The van der Waals surface area contributed by atoms with Crippen molar-refractivity contribution in [1.29, 1.82) is 0 Å². The van der Waals surface area contributed by atoms with E-state index >= 15 is 0 Å². The molecule has 96 valence electrons. The summed E-state index contributed by atoms with van der Waals surface area (Å²) in [7, 11) is 5.17. The van der Waals surface area contributed by atoms with Crippen LogP contribution >= 0.6 is 0 Å². The molecule has 0 saturated heterocycles. The largest absolute Gasteiger partial charge is 0.496 e. The Bertz CT molecular complexity index is 372. The van der Waals surface area contributed by atoms with E-state index in [2.05, 4.69) is 0 Å². The maximum absolute atomic E-state index is 13.3.